The van der Waals surface area contributed by atoms with E-state index in [1.54, 1.807) is 47.4 Å². The highest BCUT2D eigenvalue weighted by molar-refractivity contribution is 6.47. The van der Waals surface area contributed by atoms with Crippen LogP contribution in [0.25, 0.3) is 0 Å². The summed E-state index contributed by atoms with van der Waals surface area (Å²) in [5.41, 5.74) is 1.22. The molecule has 1 N–H and O–H groups in total. The van der Waals surface area contributed by atoms with Crippen molar-refractivity contribution in [3.05, 3.63) is 69.2 Å². The van der Waals surface area contributed by atoms with E-state index in [1.165, 1.54) is 0 Å². The molecule has 0 bridgehead atoms. The van der Waals surface area contributed by atoms with Gasteiger partial charge in [-0.3, -0.25) is 9.79 Å². The smallest absolute Gasteiger partial charge is 0.335 e. The molecule has 2 aromatic carbocycles. The van der Waals surface area contributed by atoms with Crippen LogP contribution in [0, 0.1) is 0 Å². The van der Waals surface area contributed by atoms with Crippen LogP contribution < -0.4 is 0 Å². The van der Waals surface area contributed by atoms with Crippen LogP contribution >= 0.6 is 23.2 Å². The Labute approximate surface area is 180 Å². The Kier molecular flexibility index (Phi) is 6.01. The highest BCUT2D eigenvalue weighted by atomic mass is 35.5. The second-order valence-corrected chi connectivity index (χ2v) is 8.39. The van der Waals surface area contributed by atoms with Gasteiger partial charge in [-0.05, 0) is 56.2 Å². The highest BCUT2D eigenvalue weighted by Crippen LogP contribution is 2.38. The van der Waals surface area contributed by atoms with Crippen LogP contribution in [0.3, 0.4) is 0 Å². The van der Waals surface area contributed by atoms with Gasteiger partial charge in [0.1, 0.15) is 11.4 Å². The Bertz CT molecular complexity index is 964. The molecular weight excluding hydrogens is 411 g/mol. The number of carboxylic acids is 1. The van der Waals surface area contributed by atoms with Gasteiger partial charge in [-0.1, -0.05) is 48.7 Å². The molecule has 2 aromatic rings. The molecule has 0 spiro atoms. The van der Waals surface area contributed by atoms with E-state index in [0.29, 0.717) is 21.3 Å². The lowest BCUT2D eigenvalue weighted by atomic mass is 9.96. The molecule has 7 heteroatoms. The minimum Gasteiger partial charge on any atom is -0.478 e. The molecule has 0 saturated heterocycles. The van der Waals surface area contributed by atoms with Gasteiger partial charge in [-0.15, -0.1) is 0 Å². The van der Waals surface area contributed by atoms with Gasteiger partial charge in [0.2, 0.25) is 0 Å². The first-order chi connectivity index (χ1) is 13.6. The molecule has 1 aliphatic rings. The summed E-state index contributed by atoms with van der Waals surface area (Å²) < 4.78 is 0. The van der Waals surface area contributed by atoms with Crippen molar-refractivity contribution in [3.63, 3.8) is 0 Å². The second kappa shape index (κ2) is 8.17. The quantitative estimate of drug-likeness (QED) is 0.645. The fourth-order valence-electron chi connectivity index (χ4n) is 3.71. The molecule has 1 amide bonds. The van der Waals surface area contributed by atoms with Crippen molar-refractivity contribution >= 4 is 40.8 Å². The average Bonchev–Trinajstić information content (AvgIpc) is 2.88. The van der Waals surface area contributed by atoms with Gasteiger partial charge in [-0.25, -0.2) is 4.79 Å². The maximum atomic E-state index is 13.4. The van der Waals surface area contributed by atoms with Crippen molar-refractivity contribution in [2.75, 3.05) is 0 Å². The number of carbonyl (C=O) groups is 2. The summed E-state index contributed by atoms with van der Waals surface area (Å²) in [6.45, 7) is 5.82. The van der Waals surface area contributed by atoms with Crippen molar-refractivity contribution in [1.82, 2.24) is 4.90 Å². The zero-order chi connectivity index (χ0) is 21.3. The van der Waals surface area contributed by atoms with Gasteiger partial charge in [0.25, 0.3) is 5.91 Å². The van der Waals surface area contributed by atoms with Crippen LogP contribution in [-0.2, 0) is 4.79 Å². The number of carbonyl (C=O) groups excluding carboxylic acids is 1. The third-order valence-electron chi connectivity index (χ3n) is 4.95. The molecule has 0 aliphatic carbocycles. The van der Waals surface area contributed by atoms with Crippen LogP contribution in [0.15, 0.2) is 47.5 Å². The number of benzene rings is 2. The number of aromatic carboxylic acids is 1. The number of halogens is 2. The lowest BCUT2D eigenvalue weighted by Gasteiger charge is -2.37. The first kappa shape index (κ1) is 21.3. The van der Waals surface area contributed by atoms with Crippen molar-refractivity contribution in [2.24, 2.45) is 4.99 Å². The van der Waals surface area contributed by atoms with E-state index in [1.807, 2.05) is 20.8 Å². The fourth-order valence-corrected chi connectivity index (χ4v) is 4.23. The highest BCUT2D eigenvalue weighted by Gasteiger charge is 2.44. The Morgan fingerprint density at radius 2 is 1.72 bits per heavy atom. The van der Waals surface area contributed by atoms with E-state index in [4.69, 9.17) is 33.3 Å². The topological polar surface area (TPSA) is 70.0 Å². The molecule has 5 nitrogen and oxygen atoms in total. The molecule has 1 aliphatic heterocycles. The lowest BCUT2D eigenvalue weighted by molar-refractivity contribution is -0.130. The Balaban J connectivity index is 2.01. The lowest BCUT2D eigenvalue weighted by Crippen LogP contribution is -2.45. The van der Waals surface area contributed by atoms with Crippen LogP contribution in [-0.4, -0.2) is 33.3 Å². The number of nitrogens with zero attached hydrogens (tertiary/aromatic N) is 2. The molecule has 152 valence electrons. The fraction of sp³-hybridized carbons (Fsp3) is 0.318. The largest absolute Gasteiger partial charge is 0.478 e. The van der Waals surface area contributed by atoms with Crippen molar-refractivity contribution in [2.45, 2.75) is 45.3 Å². The Hall–Kier alpha value is -2.37. The minimum atomic E-state index is -0.982. The molecule has 1 heterocycles. The minimum absolute atomic E-state index is 0.200. The second-order valence-electron chi connectivity index (χ2n) is 7.52. The molecule has 0 fully saturated rings. The maximum Gasteiger partial charge on any atom is 0.335 e. The molecule has 0 unspecified atom stereocenters. The Morgan fingerprint density at radius 3 is 2.24 bits per heavy atom. The van der Waals surface area contributed by atoms with E-state index < -0.39 is 11.6 Å². The van der Waals surface area contributed by atoms with E-state index in [-0.39, 0.29) is 17.5 Å². The summed E-state index contributed by atoms with van der Waals surface area (Å²) in [5.74, 6) is -1.18. The Morgan fingerprint density at radius 1 is 1.14 bits per heavy atom. The number of carboxylic acid groups (broad SMARTS) is 1. The van der Waals surface area contributed by atoms with Gasteiger partial charge in [-0.2, -0.15) is 0 Å². The van der Waals surface area contributed by atoms with Crippen molar-refractivity contribution in [3.8, 4) is 0 Å². The zero-order valence-electron chi connectivity index (χ0n) is 16.4. The van der Waals surface area contributed by atoms with Crippen LogP contribution in [0.5, 0.6) is 0 Å². The summed E-state index contributed by atoms with van der Waals surface area (Å²) >= 11 is 12.2. The van der Waals surface area contributed by atoms with Gasteiger partial charge in [0.05, 0.1) is 11.6 Å². The van der Waals surface area contributed by atoms with Gasteiger partial charge < -0.3 is 10.0 Å². The zero-order valence-corrected chi connectivity index (χ0v) is 18.0. The summed E-state index contributed by atoms with van der Waals surface area (Å²) in [7, 11) is 0. The first-order valence-corrected chi connectivity index (χ1v) is 10.1. The maximum absolute atomic E-state index is 13.4. The van der Waals surface area contributed by atoms with E-state index in [0.717, 1.165) is 18.4 Å². The number of aliphatic imine (C=N–C) groups is 1. The first-order valence-electron chi connectivity index (χ1n) is 9.37. The molecule has 3 rings (SSSR count). The molecular formula is C22H22Cl2N2O3. The van der Waals surface area contributed by atoms with E-state index >= 15 is 0 Å². The van der Waals surface area contributed by atoms with Crippen LogP contribution in [0.2, 0.25) is 10.0 Å². The number of amides is 1. The summed E-state index contributed by atoms with van der Waals surface area (Å²) in [6, 6.07) is 11.4. The molecule has 1 atom stereocenters. The molecule has 0 saturated carbocycles. The average molecular weight is 433 g/mol. The standard InChI is InChI=1S/C22H22Cl2N2O3/c1-4-5-18(13-6-8-14(9-7-13)21(28)29)26-20(27)19(25-22(26,2)3)15-10-16(23)12-17(24)11-15/h6-12,18H,4-5H2,1-3H3,(H,28,29)/t18-/m1/s1. The predicted molar refractivity (Wildman–Crippen MR) is 115 cm³/mol. The monoisotopic (exact) mass is 432 g/mol. The van der Waals surface area contributed by atoms with Gasteiger partial charge >= 0.3 is 5.97 Å². The van der Waals surface area contributed by atoms with E-state index in [9.17, 15) is 9.59 Å². The third kappa shape index (κ3) is 4.31. The number of rotatable bonds is 6. The van der Waals surface area contributed by atoms with Gasteiger partial charge in [0.15, 0.2) is 0 Å². The predicted octanol–water partition coefficient (Wildman–Crippen LogP) is 5.60. The van der Waals surface area contributed by atoms with Crippen molar-refractivity contribution < 1.29 is 14.7 Å². The van der Waals surface area contributed by atoms with E-state index in [2.05, 4.69) is 0 Å². The normalized spacial score (nSPS) is 16.7. The summed E-state index contributed by atoms with van der Waals surface area (Å²) in [5, 5.41) is 10.0. The summed E-state index contributed by atoms with van der Waals surface area (Å²) in [6.07, 6.45) is 1.57. The van der Waals surface area contributed by atoms with Crippen LogP contribution in [0.1, 0.15) is 61.1 Å². The molecule has 0 radical (unpaired) electrons. The SMILES string of the molecule is CCC[C@H](c1ccc(C(=O)O)cc1)N1C(=O)C(c2cc(Cl)cc(Cl)c2)=NC1(C)C. The van der Waals surface area contributed by atoms with Crippen LogP contribution in [0.4, 0.5) is 0 Å². The van der Waals surface area contributed by atoms with Gasteiger partial charge in [0, 0.05) is 15.6 Å². The van der Waals surface area contributed by atoms with Crippen molar-refractivity contribution in [1.29, 1.82) is 0 Å². The number of hydrogen-bond donors (Lipinski definition) is 1. The third-order valence-corrected chi connectivity index (χ3v) is 5.38. The number of hydrogen-bond acceptors (Lipinski definition) is 3. The molecule has 29 heavy (non-hydrogen) atoms. The summed E-state index contributed by atoms with van der Waals surface area (Å²) in [4.78, 5) is 31.0. The molecule has 0 aromatic heterocycles.